The van der Waals surface area contributed by atoms with E-state index in [9.17, 15) is 8.78 Å². The van der Waals surface area contributed by atoms with Crippen molar-refractivity contribution in [2.45, 2.75) is 43.8 Å². The van der Waals surface area contributed by atoms with Crippen molar-refractivity contribution in [2.24, 2.45) is 0 Å². The van der Waals surface area contributed by atoms with Crippen molar-refractivity contribution in [1.29, 1.82) is 0 Å². The van der Waals surface area contributed by atoms with Gasteiger partial charge in [-0.15, -0.1) is 0 Å². The second-order valence-electron chi connectivity index (χ2n) is 11.0. The molecule has 2 fully saturated rings. The molecule has 7 rings (SSSR count). The highest BCUT2D eigenvalue weighted by atomic mass is 35.5. The van der Waals surface area contributed by atoms with Gasteiger partial charge in [-0.2, -0.15) is 9.97 Å². The molecule has 41 heavy (non-hydrogen) atoms. The van der Waals surface area contributed by atoms with Crippen LogP contribution < -0.4 is 15.4 Å². The highest BCUT2D eigenvalue weighted by Crippen LogP contribution is 2.44. The molecular formula is C29H28ClF3N6OS. The summed E-state index contributed by atoms with van der Waals surface area (Å²) < 4.78 is 51.9. The zero-order valence-corrected chi connectivity index (χ0v) is 23.7. The van der Waals surface area contributed by atoms with Gasteiger partial charge in [-0.25, -0.2) is 18.2 Å². The Hall–Kier alpha value is -3.15. The summed E-state index contributed by atoms with van der Waals surface area (Å²) in [6, 6.07) is 4.39. The Morgan fingerprint density at radius 1 is 1.10 bits per heavy atom. The molecule has 4 aromatic rings. The summed E-state index contributed by atoms with van der Waals surface area (Å²) in [5.41, 5.74) is 6.12. The van der Waals surface area contributed by atoms with Crippen molar-refractivity contribution in [2.75, 3.05) is 43.4 Å². The van der Waals surface area contributed by atoms with Gasteiger partial charge in [-0.05, 0) is 50.4 Å². The first-order chi connectivity index (χ1) is 19.8. The van der Waals surface area contributed by atoms with Gasteiger partial charge >= 0.3 is 6.01 Å². The Morgan fingerprint density at radius 3 is 2.71 bits per heavy atom. The van der Waals surface area contributed by atoms with Crippen molar-refractivity contribution in [3.63, 3.8) is 0 Å². The topological polar surface area (TPSA) is 80.4 Å². The number of ether oxygens (including phenoxy) is 1. The van der Waals surface area contributed by atoms with Gasteiger partial charge in [0.25, 0.3) is 0 Å². The molecule has 2 aromatic heterocycles. The quantitative estimate of drug-likeness (QED) is 0.261. The maximum atomic E-state index is 16.6. The number of nitrogen functional groups attached to an aromatic ring is 1. The number of nitrogens with two attached hydrogens (primary N) is 1. The number of halogens is 4. The van der Waals surface area contributed by atoms with Crippen LogP contribution in [0.2, 0.25) is 5.02 Å². The maximum absolute atomic E-state index is 16.6. The maximum Gasteiger partial charge on any atom is 0.319 e. The molecule has 0 bridgehead atoms. The van der Waals surface area contributed by atoms with E-state index < -0.39 is 23.3 Å². The fourth-order valence-corrected chi connectivity index (χ4v) is 7.63. The lowest BCUT2D eigenvalue weighted by Crippen LogP contribution is -2.43. The van der Waals surface area contributed by atoms with Crippen molar-refractivity contribution in [3.8, 4) is 17.1 Å². The van der Waals surface area contributed by atoms with Crippen molar-refractivity contribution in [3.05, 3.63) is 47.0 Å². The number of hydrogen-bond donors (Lipinski definition) is 1. The molecule has 2 aromatic carbocycles. The molecule has 2 N–H and O–H groups in total. The van der Waals surface area contributed by atoms with Gasteiger partial charge in [0.15, 0.2) is 10.9 Å². The Morgan fingerprint density at radius 2 is 1.90 bits per heavy atom. The second kappa shape index (κ2) is 10.3. The molecule has 0 saturated carbocycles. The zero-order chi connectivity index (χ0) is 28.3. The number of aromatic nitrogens is 3. The van der Waals surface area contributed by atoms with Gasteiger partial charge in [-0.1, -0.05) is 35.1 Å². The standard InChI is InChI=1S/C29H28ClF3N6OS/c30-19-12-18-23(22(33)21(19)17-6-7-20(32)25-24(17)35-27(34)41-25)36-28(37-26(18)38-9-3-1-2-4-10-38)40-15-29-8-5-11-39(29)14-16(31)13-29/h1-2,6-7,12,16H,3-5,8-11,13-15H2,(H2,34,35). The molecule has 0 radical (unpaired) electrons. The minimum atomic E-state index is -0.897. The molecule has 5 heterocycles. The van der Waals surface area contributed by atoms with E-state index in [0.717, 1.165) is 43.6 Å². The normalized spacial score (nSPS) is 23.0. The monoisotopic (exact) mass is 600 g/mol. The summed E-state index contributed by atoms with van der Waals surface area (Å²) in [5.74, 6) is -0.648. The van der Waals surface area contributed by atoms with E-state index in [1.807, 2.05) is 0 Å². The van der Waals surface area contributed by atoms with Crippen LogP contribution in [0.15, 0.2) is 30.4 Å². The number of rotatable bonds is 5. The number of anilines is 2. The first-order valence-electron chi connectivity index (χ1n) is 13.8. The Labute approximate surface area is 243 Å². The average Bonchev–Trinajstić information content (AvgIpc) is 3.52. The summed E-state index contributed by atoms with van der Waals surface area (Å²) in [6.45, 7) is 2.82. The lowest BCUT2D eigenvalue weighted by Gasteiger charge is -2.31. The largest absolute Gasteiger partial charge is 0.461 e. The van der Waals surface area contributed by atoms with Gasteiger partial charge in [-0.3, -0.25) is 4.90 Å². The summed E-state index contributed by atoms with van der Waals surface area (Å²) in [6.07, 6.45) is 7.17. The molecule has 2 saturated heterocycles. The van der Waals surface area contributed by atoms with E-state index in [2.05, 4.69) is 31.9 Å². The fourth-order valence-electron chi connectivity index (χ4n) is 6.57. The number of nitrogens with zero attached hydrogens (tertiary/aromatic N) is 5. The average molecular weight is 601 g/mol. The Bertz CT molecular complexity index is 1690. The van der Waals surface area contributed by atoms with Crippen LogP contribution in [-0.2, 0) is 0 Å². The van der Waals surface area contributed by atoms with Crippen LogP contribution >= 0.6 is 22.9 Å². The van der Waals surface area contributed by atoms with Crippen LogP contribution in [0, 0.1) is 11.6 Å². The molecule has 7 nitrogen and oxygen atoms in total. The molecule has 3 aliphatic heterocycles. The summed E-state index contributed by atoms with van der Waals surface area (Å²) in [5, 5.41) is 0.745. The predicted molar refractivity (Wildman–Crippen MR) is 157 cm³/mol. The number of benzene rings is 2. The molecule has 214 valence electrons. The molecular weight excluding hydrogens is 573 g/mol. The predicted octanol–water partition coefficient (Wildman–Crippen LogP) is 6.53. The molecule has 0 aliphatic carbocycles. The molecule has 2 unspecified atom stereocenters. The fraction of sp³-hybridized carbons (Fsp3) is 0.414. The smallest absolute Gasteiger partial charge is 0.319 e. The second-order valence-corrected chi connectivity index (χ2v) is 12.4. The SMILES string of the molecule is Nc1nc2c(-c3c(Cl)cc4c(N5CCC=CCC5)nc(OCC56CCCN5CC(F)C6)nc4c3F)ccc(F)c2s1. The first kappa shape index (κ1) is 26.7. The lowest BCUT2D eigenvalue weighted by molar-refractivity contribution is 0.107. The summed E-state index contributed by atoms with van der Waals surface area (Å²) in [7, 11) is 0. The van der Waals surface area contributed by atoms with E-state index >= 15 is 4.39 Å². The van der Waals surface area contributed by atoms with E-state index in [4.69, 9.17) is 27.1 Å². The third-order valence-electron chi connectivity index (χ3n) is 8.45. The van der Waals surface area contributed by atoms with Gasteiger partial charge < -0.3 is 15.4 Å². The molecule has 0 spiro atoms. The molecule has 3 aliphatic rings. The highest BCUT2D eigenvalue weighted by Gasteiger charge is 2.49. The van der Waals surface area contributed by atoms with Gasteiger partial charge in [0.1, 0.15) is 29.9 Å². The van der Waals surface area contributed by atoms with Crippen LogP contribution in [0.3, 0.4) is 0 Å². The molecule has 2 atom stereocenters. The summed E-state index contributed by atoms with van der Waals surface area (Å²) in [4.78, 5) is 17.8. The van der Waals surface area contributed by atoms with E-state index in [1.54, 1.807) is 6.07 Å². The minimum absolute atomic E-state index is 0.0302. The highest BCUT2D eigenvalue weighted by molar-refractivity contribution is 7.22. The molecule has 0 amide bonds. The van der Waals surface area contributed by atoms with Crippen LogP contribution in [0.25, 0.3) is 32.2 Å². The van der Waals surface area contributed by atoms with Crippen LogP contribution in [0.1, 0.15) is 32.1 Å². The third kappa shape index (κ3) is 4.58. The van der Waals surface area contributed by atoms with Crippen LogP contribution in [0.4, 0.5) is 24.1 Å². The lowest BCUT2D eigenvalue weighted by atomic mass is 9.95. The van der Waals surface area contributed by atoms with E-state index in [1.165, 1.54) is 12.1 Å². The third-order valence-corrected chi connectivity index (χ3v) is 9.64. The number of alkyl halides is 1. The number of thiazole rings is 1. The summed E-state index contributed by atoms with van der Waals surface area (Å²) >= 11 is 7.74. The minimum Gasteiger partial charge on any atom is -0.461 e. The van der Waals surface area contributed by atoms with Gasteiger partial charge in [0.2, 0.25) is 0 Å². The van der Waals surface area contributed by atoms with Gasteiger partial charge in [0, 0.05) is 42.6 Å². The van der Waals surface area contributed by atoms with Gasteiger partial charge in [0.05, 0.1) is 20.8 Å². The van der Waals surface area contributed by atoms with E-state index in [0.29, 0.717) is 42.8 Å². The Balaban J connectivity index is 1.37. The first-order valence-corrected chi connectivity index (χ1v) is 15.0. The molecule has 12 heteroatoms. The van der Waals surface area contributed by atoms with Crippen molar-refractivity contribution >= 4 is 55.0 Å². The van der Waals surface area contributed by atoms with E-state index in [-0.39, 0.29) is 44.1 Å². The number of hydrogen-bond acceptors (Lipinski definition) is 8. The van der Waals surface area contributed by atoms with Crippen LogP contribution in [0.5, 0.6) is 6.01 Å². The van der Waals surface area contributed by atoms with Crippen LogP contribution in [-0.4, -0.2) is 64.3 Å². The Kier molecular flexibility index (Phi) is 6.71. The zero-order valence-electron chi connectivity index (χ0n) is 22.2. The number of fused-ring (bicyclic) bond motifs is 3. The van der Waals surface area contributed by atoms with Crippen molar-refractivity contribution in [1.82, 2.24) is 19.9 Å². The van der Waals surface area contributed by atoms with Crippen molar-refractivity contribution < 1.29 is 17.9 Å².